The molecule has 0 radical (unpaired) electrons. The molecule has 3 heteroatoms. The van der Waals surface area contributed by atoms with Gasteiger partial charge < -0.3 is 5.73 Å². The summed E-state index contributed by atoms with van der Waals surface area (Å²) in [5, 5.41) is 0. The molecule has 2 fully saturated rings. The average Bonchev–Trinajstić information content (AvgIpc) is 3.06. The maximum Gasteiger partial charge on any atom is 0.0467 e. The van der Waals surface area contributed by atoms with Gasteiger partial charge in [0.05, 0.1) is 0 Å². The fourth-order valence-corrected chi connectivity index (χ4v) is 4.79. The van der Waals surface area contributed by atoms with Crippen LogP contribution >= 0.6 is 15.9 Å². The molecular weight excluding hydrogens is 324 g/mol. The van der Waals surface area contributed by atoms with Gasteiger partial charge >= 0.3 is 0 Å². The van der Waals surface area contributed by atoms with Crippen molar-refractivity contribution in [3.8, 4) is 0 Å². The predicted molar refractivity (Wildman–Crippen MR) is 92.2 cm³/mol. The number of halogens is 1. The zero-order chi connectivity index (χ0) is 15.0. The van der Waals surface area contributed by atoms with E-state index < -0.39 is 0 Å². The molecule has 4 atom stereocenters. The quantitative estimate of drug-likeness (QED) is 0.864. The van der Waals surface area contributed by atoms with Crippen LogP contribution in [0.4, 0.5) is 0 Å². The highest BCUT2D eigenvalue weighted by molar-refractivity contribution is 9.10. The number of nitrogens with zero attached hydrogens (tertiary/aromatic N) is 1. The Hall–Kier alpha value is -0.380. The van der Waals surface area contributed by atoms with Crippen LogP contribution < -0.4 is 5.73 Å². The third kappa shape index (κ3) is 3.20. The Kier molecular flexibility index (Phi) is 4.72. The van der Waals surface area contributed by atoms with Gasteiger partial charge in [0.25, 0.3) is 0 Å². The molecule has 1 aromatic carbocycles. The Morgan fingerprint density at radius 3 is 2.71 bits per heavy atom. The second-order valence-electron chi connectivity index (χ2n) is 7.13. The number of nitrogens with two attached hydrogens (primary N) is 1. The minimum Gasteiger partial charge on any atom is -0.329 e. The summed E-state index contributed by atoms with van der Waals surface area (Å²) < 4.78 is 1.18. The summed E-state index contributed by atoms with van der Waals surface area (Å²) in [6, 6.07) is 6.99. The van der Waals surface area contributed by atoms with E-state index in [9.17, 15) is 0 Å². The molecule has 0 saturated heterocycles. The Morgan fingerprint density at radius 2 is 2.14 bits per heavy atom. The van der Waals surface area contributed by atoms with Gasteiger partial charge in [-0.1, -0.05) is 34.5 Å². The standard InChI is InChI=1S/C18H27BrN2/c1-12-7-15(5-6-17(12)19)18(10-20)21(2)11-16-9-13-3-4-14(16)8-13/h5-7,13-14,16,18H,3-4,8-11,20H2,1-2H3. The van der Waals surface area contributed by atoms with E-state index in [-0.39, 0.29) is 0 Å². The highest BCUT2D eigenvalue weighted by Crippen LogP contribution is 2.48. The molecule has 0 heterocycles. The minimum absolute atomic E-state index is 0.343. The second-order valence-corrected chi connectivity index (χ2v) is 7.99. The number of benzene rings is 1. The Morgan fingerprint density at radius 1 is 1.33 bits per heavy atom. The summed E-state index contributed by atoms with van der Waals surface area (Å²) in [5.74, 6) is 2.92. The van der Waals surface area contributed by atoms with Gasteiger partial charge in [-0.3, -0.25) is 4.90 Å². The lowest BCUT2D eigenvalue weighted by molar-refractivity contribution is 0.176. The highest BCUT2D eigenvalue weighted by atomic mass is 79.9. The van der Waals surface area contributed by atoms with Crippen LogP contribution in [0.25, 0.3) is 0 Å². The first-order valence-electron chi connectivity index (χ1n) is 8.24. The SMILES string of the molecule is Cc1cc(C(CN)N(C)CC2CC3CCC2C3)ccc1Br. The van der Waals surface area contributed by atoms with Gasteiger partial charge in [0.2, 0.25) is 0 Å². The van der Waals surface area contributed by atoms with E-state index in [0.717, 1.165) is 17.8 Å². The zero-order valence-electron chi connectivity index (χ0n) is 13.2. The van der Waals surface area contributed by atoms with Gasteiger partial charge in [0, 0.05) is 23.6 Å². The molecule has 1 aromatic rings. The van der Waals surface area contributed by atoms with Crippen LogP contribution in [0.1, 0.15) is 42.9 Å². The van der Waals surface area contributed by atoms with Crippen LogP contribution in [0.2, 0.25) is 0 Å². The van der Waals surface area contributed by atoms with E-state index in [1.54, 1.807) is 0 Å². The normalized spacial score (nSPS) is 29.3. The third-order valence-electron chi connectivity index (χ3n) is 5.73. The molecule has 2 N–H and O–H groups in total. The number of hydrogen-bond donors (Lipinski definition) is 1. The molecule has 3 rings (SSSR count). The van der Waals surface area contributed by atoms with E-state index in [2.05, 4.69) is 53.0 Å². The van der Waals surface area contributed by atoms with Gasteiger partial charge in [0.1, 0.15) is 0 Å². The van der Waals surface area contributed by atoms with Gasteiger partial charge in [-0.05, 0) is 68.2 Å². The van der Waals surface area contributed by atoms with Crippen LogP contribution in [0.15, 0.2) is 22.7 Å². The first-order chi connectivity index (χ1) is 10.1. The van der Waals surface area contributed by atoms with Crippen molar-refractivity contribution in [2.24, 2.45) is 23.5 Å². The van der Waals surface area contributed by atoms with Crippen molar-refractivity contribution >= 4 is 15.9 Å². The van der Waals surface area contributed by atoms with Gasteiger partial charge in [-0.25, -0.2) is 0 Å². The maximum atomic E-state index is 6.09. The number of likely N-dealkylation sites (N-methyl/N-ethyl adjacent to an activating group) is 1. The van der Waals surface area contributed by atoms with Crippen molar-refractivity contribution in [1.29, 1.82) is 0 Å². The van der Waals surface area contributed by atoms with Crippen molar-refractivity contribution < 1.29 is 0 Å². The lowest BCUT2D eigenvalue weighted by atomic mass is 9.88. The van der Waals surface area contributed by atoms with Gasteiger partial charge in [-0.2, -0.15) is 0 Å². The van der Waals surface area contributed by atoms with Gasteiger partial charge in [0.15, 0.2) is 0 Å². The molecule has 0 spiro atoms. The first kappa shape index (κ1) is 15.5. The first-order valence-corrected chi connectivity index (χ1v) is 9.04. The van der Waals surface area contributed by atoms with Crippen LogP contribution in [0.3, 0.4) is 0 Å². The Balaban J connectivity index is 1.68. The van der Waals surface area contributed by atoms with Crippen molar-refractivity contribution in [2.45, 2.75) is 38.6 Å². The summed E-state index contributed by atoms with van der Waals surface area (Å²) in [5.41, 5.74) is 8.73. The van der Waals surface area contributed by atoms with Crippen LogP contribution in [0, 0.1) is 24.7 Å². The van der Waals surface area contributed by atoms with E-state index in [4.69, 9.17) is 5.73 Å². The number of rotatable bonds is 5. The lowest BCUT2D eigenvalue weighted by Crippen LogP contribution is -2.35. The topological polar surface area (TPSA) is 29.3 Å². The third-order valence-corrected chi connectivity index (χ3v) is 6.62. The molecule has 21 heavy (non-hydrogen) atoms. The van der Waals surface area contributed by atoms with Gasteiger partial charge in [-0.15, -0.1) is 0 Å². The average molecular weight is 351 g/mol. The van der Waals surface area contributed by atoms with E-state index in [1.165, 1.54) is 47.8 Å². The summed E-state index contributed by atoms with van der Waals surface area (Å²) in [7, 11) is 2.25. The summed E-state index contributed by atoms with van der Waals surface area (Å²) in [4.78, 5) is 2.49. The largest absolute Gasteiger partial charge is 0.329 e. The molecule has 2 aliphatic rings. The predicted octanol–water partition coefficient (Wildman–Crippen LogP) is 4.13. The fraction of sp³-hybridized carbons (Fsp3) is 0.667. The number of hydrogen-bond acceptors (Lipinski definition) is 2. The molecule has 0 aromatic heterocycles. The molecule has 2 bridgehead atoms. The molecule has 2 nitrogen and oxygen atoms in total. The molecular formula is C18H27BrN2. The summed E-state index contributed by atoms with van der Waals surface area (Å²) >= 11 is 3.59. The molecule has 0 amide bonds. The van der Waals surface area contributed by atoms with E-state index >= 15 is 0 Å². The second kappa shape index (κ2) is 6.39. The molecule has 116 valence electrons. The van der Waals surface area contributed by atoms with Crippen LogP contribution in [-0.2, 0) is 0 Å². The molecule has 2 saturated carbocycles. The number of fused-ring (bicyclic) bond motifs is 2. The fourth-order valence-electron chi connectivity index (χ4n) is 4.54. The van der Waals surface area contributed by atoms with E-state index in [1.807, 2.05) is 0 Å². The van der Waals surface area contributed by atoms with E-state index in [0.29, 0.717) is 12.6 Å². The number of aryl methyl sites for hydroxylation is 1. The zero-order valence-corrected chi connectivity index (χ0v) is 14.8. The Labute approximate surface area is 137 Å². The molecule has 0 aliphatic heterocycles. The summed E-state index contributed by atoms with van der Waals surface area (Å²) in [6.45, 7) is 4.05. The van der Waals surface area contributed by atoms with Crippen molar-refractivity contribution in [3.63, 3.8) is 0 Å². The monoisotopic (exact) mass is 350 g/mol. The smallest absolute Gasteiger partial charge is 0.0467 e. The Bertz CT molecular complexity index is 502. The molecule has 4 unspecified atom stereocenters. The lowest BCUT2D eigenvalue weighted by Gasteiger charge is -2.33. The van der Waals surface area contributed by atoms with Crippen molar-refractivity contribution in [1.82, 2.24) is 4.90 Å². The van der Waals surface area contributed by atoms with Crippen LogP contribution in [0.5, 0.6) is 0 Å². The van der Waals surface area contributed by atoms with Crippen molar-refractivity contribution in [3.05, 3.63) is 33.8 Å². The highest BCUT2D eigenvalue weighted by Gasteiger charge is 2.40. The van der Waals surface area contributed by atoms with Crippen LogP contribution in [-0.4, -0.2) is 25.0 Å². The van der Waals surface area contributed by atoms with Crippen molar-refractivity contribution in [2.75, 3.05) is 20.1 Å². The summed E-state index contributed by atoms with van der Waals surface area (Å²) in [6.07, 6.45) is 5.89. The maximum absolute atomic E-state index is 6.09. The minimum atomic E-state index is 0.343. The molecule has 2 aliphatic carbocycles.